The van der Waals surface area contributed by atoms with Crippen molar-refractivity contribution in [1.82, 2.24) is 15.2 Å². The zero-order chi connectivity index (χ0) is 18.4. The van der Waals surface area contributed by atoms with Gasteiger partial charge in [-0.3, -0.25) is 4.79 Å². The molecule has 0 spiro atoms. The third-order valence-electron chi connectivity index (χ3n) is 3.65. The first-order valence-corrected chi connectivity index (χ1v) is 10.2. The summed E-state index contributed by atoms with van der Waals surface area (Å²) in [6, 6.07) is 7.84. The van der Waals surface area contributed by atoms with E-state index in [-0.39, 0.29) is 11.3 Å². The Bertz CT molecular complexity index is 693. The molecule has 4 nitrogen and oxygen atoms in total. The van der Waals surface area contributed by atoms with Crippen LogP contribution < -0.4 is 5.32 Å². The Morgan fingerprint density at radius 1 is 1.28 bits per heavy atom. The first kappa shape index (κ1) is 19.9. The second kappa shape index (κ2) is 8.83. The van der Waals surface area contributed by atoms with Crippen molar-refractivity contribution in [2.24, 2.45) is 5.41 Å². The lowest BCUT2D eigenvalue weighted by molar-refractivity contribution is 0.0929. The largest absolute Gasteiger partial charge is 0.351 e. The molecule has 0 unspecified atom stereocenters. The van der Waals surface area contributed by atoms with Crippen LogP contribution in [0.15, 0.2) is 34.0 Å². The average Bonchev–Trinajstić information content (AvgIpc) is 2.95. The van der Waals surface area contributed by atoms with Crippen LogP contribution in [0.2, 0.25) is 0 Å². The van der Waals surface area contributed by atoms with E-state index in [0.717, 1.165) is 22.3 Å². The lowest BCUT2D eigenvalue weighted by Crippen LogP contribution is -2.39. The Labute approximate surface area is 159 Å². The third kappa shape index (κ3) is 6.80. The lowest BCUT2D eigenvalue weighted by Gasteiger charge is -2.28. The average molecular weight is 378 g/mol. The van der Waals surface area contributed by atoms with Gasteiger partial charge in [0, 0.05) is 35.5 Å². The number of rotatable bonds is 8. The normalized spacial score (nSPS) is 11.8. The Morgan fingerprint density at radius 3 is 2.52 bits per heavy atom. The van der Waals surface area contributed by atoms with Gasteiger partial charge >= 0.3 is 0 Å². The molecule has 6 heteroatoms. The fourth-order valence-electron chi connectivity index (χ4n) is 2.63. The van der Waals surface area contributed by atoms with Crippen LogP contribution in [0.3, 0.4) is 0 Å². The van der Waals surface area contributed by atoms with E-state index in [1.807, 2.05) is 45.3 Å². The number of benzene rings is 1. The maximum atomic E-state index is 12.3. The summed E-state index contributed by atoms with van der Waals surface area (Å²) in [7, 11) is 4.10. The maximum absolute atomic E-state index is 12.3. The molecule has 1 aromatic carbocycles. The van der Waals surface area contributed by atoms with Gasteiger partial charge in [-0.2, -0.15) is 0 Å². The molecule has 0 aliphatic carbocycles. The number of thioether (sulfide) groups is 1. The summed E-state index contributed by atoms with van der Waals surface area (Å²) in [5.74, 6) is 0.853. The molecule has 0 saturated carbocycles. The molecule has 0 aliphatic heterocycles. The standard InChI is InChI=1S/C19H27N3OS2/c1-14-10-24-18(21-14)25-11-15-6-8-16(9-7-15)17(23)20-12-19(2,3)13-22(4)5/h6-10H,11-13H2,1-5H3,(H,20,23). The highest BCUT2D eigenvalue weighted by molar-refractivity contribution is 8.00. The Morgan fingerprint density at radius 2 is 1.96 bits per heavy atom. The van der Waals surface area contributed by atoms with Crippen molar-refractivity contribution in [2.45, 2.75) is 30.9 Å². The van der Waals surface area contributed by atoms with Crippen molar-refractivity contribution in [3.8, 4) is 0 Å². The van der Waals surface area contributed by atoms with Crippen LogP contribution in [0.25, 0.3) is 0 Å². The van der Waals surface area contributed by atoms with E-state index in [0.29, 0.717) is 12.1 Å². The number of carbonyl (C=O) groups excluding carboxylic acids is 1. The quantitative estimate of drug-likeness (QED) is 0.705. The van der Waals surface area contributed by atoms with E-state index >= 15 is 0 Å². The van der Waals surface area contributed by atoms with Gasteiger partial charge in [0.25, 0.3) is 5.91 Å². The number of hydrogen-bond acceptors (Lipinski definition) is 5. The maximum Gasteiger partial charge on any atom is 0.251 e. The number of nitrogens with zero attached hydrogens (tertiary/aromatic N) is 2. The molecule has 0 radical (unpaired) electrons. The minimum absolute atomic E-state index is 0.0124. The number of nitrogens with one attached hydrogen (secondary N) is 1. The molecule has 0 bridgehead atoms. The molecule has 136 valence electrons. The van der Waals surface area contributed by atoms with Crippen molar-refractivity contribution >= 4 is 29.0 Å². The van der Waals surface area contributed by atoms with E-state index in [9.17, 15) is 4.79 Å². The molecular weight excluding hydrogens is 350 g/mol. The van der Waals surface area contributed by atoms with Crippen molar-refractivity contribution in [1.29, 1.82) is 0 Å². The summed E-state index contributed by atoms with van der Waals surface area (Å²) < 4.78 is 1.09. The summed E-state index contributed by atoms with van der Waals surface area (Å²) in [4.78, 5) is 18.9. The Kier molecular flexibility index (Phi) is 7.04. The summed E-state index contributed by atoms with van der Waals surface area (Å²) in [6.07, 6.45) is 0. The molecule has 0 saturated heterocycles. The summed E-state index contributed by atoms with van der Waals surface area (Å²) in [6.45, 7) is 7.92. The van der Waals surface area contributed by atoms with Crippen LogP contribution >= 0.6 is 23.1 Å². The molecule has 2 rings (SSSR count). The van der Waals surface area contributed by atoms with Crippen LogP contribution in [0.1, 0.15) is 35.5 Å². The fourth-order valence-corrected chi connectivity index (χ4v) is 4.43. The number of aromatic nitrogens is 1. The second-order valence-electron chi connectivity index (χ2n) is 7.33. The van der Waals surface area contributed by atoms with E-state index in [1.54, 1.807) is 23.1 Å². The topological polar surface area (TPSA) is 45.2 Å². The van der Waals surface area contributed by atoms with Gasteiger partial charge < -0.3 is 10.2 Å². The minimum Gasteiger partial charge on any atom is -0.351 e. The van der Waals surface area contributed by atoms with Gasteiger partial charge in [-0.05, 0) is 44.1 Å². The Hall–Kier alpha value is -1.37. The second-order valence-corrected chi connectivity index (χ2v) is 9.41. The molecular formula is C19H27N3OS2. The number of thiazole rings is 1. The molecule has 0 atom stereocenters. The van der Waals surface area contributed by atoms with Crippen LogP contribution in [0.4, 0.5) is 0 Å². The van der Waals surface area contributed by atoms with Gasteiger partial charge in [-0.25, -0.2) is 4.98 Å². The predicted molar refractivity (Wildman–Crippen MR) is 108 cm³/mol. The monoisotopic (exact) mass is 377 g/mol. The summed E-state index contributed by atoms with van der Waals surface area (Å²) in [5.41, 5.74) is 3.01. The van der Waals surface area contributed by atoms with Crippen LogP contribution in [0.5, 0.6) is 0 Å². The van der Waals surface area contributed by atoms with Crippen LogP contribution in [-0.2, 0) is 5.75 Å². The van der Waals surface area contributed by atoms with Gasteiger partial charge in [0.15, 0.2) is 0 Å². The zero-order valence-electron chi connectivity index (χ0n) is 15.6. The van der Waals surface area contributed by atoms with E-state index in [1.165, 1.54) is 5.56 Å². The molecule has 0 fully saturated rings. The lowest BCUT2D eigenvalue weighted by atomic mass is 9.93. The van der Waals surface area contributed by atoms with Crippen molar-refractivity contribution in [3.63, 3.8) is 0 Å². The fraction of sp³-hybridized carbons (Fsp3) is 0.474. The molecule has 2 aromatic rings. The Balaban J connectivity index is 1.85. The molecule has 1 amide bonds. The molecule has 1 heterocycles. The molecule has 0 aliphatic rings. The first-order valence-electron chi connectivity index (χ1n) is 8.32. The third-order valence-corrected chi connectivity index (χ3v) is 5.86. The molecule has 1 aromatic heterocycles. The highest BCUT2D eigenvalue weighted by Crippen LogP contribution is 2.26. The van der Waals surface area contributed by atoms with Crippen LogP contribution in [0, 0.1) is 12.3 Å². The number of hydrogen-bond donors (Lipinski definition) is 1. The SMILES string of the molecule is Cc1csc(SCc2ccc(C(=O)NCC(C)(C)CN(C)C)cc2)n1. The van der Waals surface area contributed by atoms with E-state index in [4.69, 9.17) is 0 Å². The van der Waals surface area contributed by atoms with Crippen molar-refractivity contribution in [2.75, 3.05) is 27.2 Å². The van der Waals surface area contributed by atoms with E-state index in [2.05, 4.69) is 34.4 Å². The molecule has 1 N–H and O–H groups in total. The van der Waals surface area contributed by atoms with Gasteiger partial charge in [0.05, 0.1) is 0 Å². The summed E-state index contributed by atoms with van der Waals surface area (Å²) in [5, 5.41) is 5.11. The zero-order valence-corrected chi connectivity index (χ0v) is 17.3. The number of amides is 1. The first-order chi connectivity index (χ1) is 11.7. The number of carbonyl (C=O) groups is 1. The highest BCUT2D eigenvalue weighted by atomic mass is 32.2. The van der Waals surface area contributed by atoms with E-state index < -0.39 is 0 Å². The van der Waals surface area contributed by atoms with Crippen LogP contribution in [-0.4, -0.2) is 43.0 Å². The molecule has 25 heavy (non-hydrogen) atoms. The van der Waals surface area contributed by atoms with Gasteiger partial charge in [0.1, 0.15) is 4.34 Å². The van der Waals surface area contributed by atoms with Gasteiger partial charge in [-0.1, -0.05) is 37.7 Å². The highest BCUT2D eigenvalue weighted by Gasteiger charge is 2.20. The number of aryl methyl sites for hydroxylation is 1. The van der Waals surface area contributed by atoms with Crippen molar-refractivity contribution in [3.05, 3.63) is 46.5 Å². The van der Waals surface area contributed by atoms with Gasteiger partial charge in [0.2, 0.25) is 0 Å². The van der Waals surface area contributed by atoms with Crippen molar-refractivity contribution < 1.29 is 4.79 Å². The minimum atomic E-state index is -0.0124. The smallest absolute Gasteiger partial charge is 0.251 e. The van der Waals surface area contributed by atoms with Gasteiger partial charge in [-0.15, -0.1) is 11.3 Å². The summed E-state index contributed by atoms with van der Waals surface area (Å²) >= 11 is 3.40. The predicted octanol–water partition coefficient (Wildman–Crippen LogP) is 4.06.